The summed E-state index contributed by atoms with van der Waals surface area (Å²) in [6, 6.07) is 0. The molecule has 0 aromatic heterocycles. The maximum atomic E-state index is 5.67. The highest BCUT2D eigenvalue weighted by Gasteiger charge is 2.22. The summed E-state index contributed by atoms with van der Waals surface area (Å²) in [6.45, 7) is 8.31. The Bertz CT molecular complexity index is 189. The van der Waals surface area contributed by atoms with Gasteiger partial charge in [-0.15, -0.1) is 0 Å². The molecule has 0 aromatic rings. The van der Waals surface area contributed by atoms with Gasteiger partial charge in [0.15, 0.2) is 0 Å². The molecule has 0 radical (unpaired) electrons. The van der Waals surface area contributed by atoms with Crippen LogP contribution in [0.3, 0.4) is 0 Å². The number of ether oxygens (including phenoxy) is 1. The van der Waals surface area contributed by atoms with E-state index in [2.05, 4.69) is 25.8 Å². The van der Waals surface area contributed by atoms with Crippen LogP contribution in [0.1, 0.15) is 46.5 Å². The van der Waals surface area contributed by atoms with Crippen molar-refractivity contribution in [3.63, 3.8) is 0 Å². The third-order valence-corrected chi connectivity index (χ3v) is 3.02. The van der Waals surface area contributed by atoms with E-state index in [1.165, 1.54) is 25.0 Å². The standard InChI is InChI=1S/C12H23NO/c1-4-11(10(3)14-5-2)12-8-6-7-9-13-12/h10-11H,4-9H2,1-3H3. The van der Waals surface area contributed by atoms with Crippen LogP contribution < -0.4 is 0 Å². The Hall–Kier alpha value is -0.370. The summed E-state index contributed by atoms with van der Waals surface area (Å²) in [5.74, 6) is 0.551. The Morgan fingerprint density at radius 1 is 1.36 bits per heavy atom. The average Bonchev–Trinajstić information content (AvgIpc) is 2.21. The van der Waals surface area contributed by atoms with Crippen molar-refractivity contribution in [3.05, 3.63) is 0 Å². The molecule has 0 N–H and O–H groups in total. The highest BCUT2D eigenvalue weighted by atomic mass is 16.5. The lowest BCUT2D eigenvalue weighted by atomic mass is 9.90. The summed E-state index contributed by atoms with van der Waals surface area (Å²) in [7, 11) is 0. The third kappa shape index (κ3) is 3.09. The Kier molecular flexibility index (Phi) is 5.16. The quantitative estimate of drug-likeness (QED) is 0.663. The molecule has 82 valence electrons. The molecule has 0 spiro atoms. The molecule has 0 fully saturated rings. The van der Waals surface area contributed by atoms with Gasteiger partial charge in [0.25, 0.3) is 0 Å². The minimum Gasteiger partial charge on any atom is -0.378 e. The Balaban J connectivity index is 2.55. The van der Waals surface area contributed by atoms with E-state index in [0.717, 1.165) is 19.6 Å². The number of nitrogens with zero attached hydrogens (tertiary/aromatic N) is 1. The van der Waals surface area contributed by atoms with Crippen LogP contribution in [0.25, 0.3) is 0 Å². The molecule has 0 bridgehead atoms. The molecule has 1 heterocycles. The van der Waals surface area contributed by atoms with Gasteiger partial charge in [-0.05, 0) is 39.5 Å². The van der Waals surface area contributed by atoms with Gasteiger partial charge in [-0.1, -0.05) is 6.92 Å². The number of hydrogen-bond donors (Lipinski definition) is 0. The van der Waals surface area contributed by atoms with Gasteiger partial charge in [0.2, 0.25) is 0 Å². The summed E-state index contributed by atoms with van der Waals surface area (Å²) in [5, 5.41) is 0. The van der Waals surface area contributed by atoms with Gasteiger partial charge >= 0.3 is 0 Å². The van der Waals surface area contributed by atoms with E-state index >= 15 is 0 Å². The van der Waals surface area contributed by atoms with Crippen molar-refractivity contribution < 1.29 is 4.74 Å². The van der Waals surface area contributed by atoms with E-state index in [1.54, 1.807) is 0 Å². The fraction of sp³-hybridized carbons (Fsp3) is 0.917. The number of aliphatic imine (C=N–C) groups is 1. The van der Waals surface area contributed by atoms with Crippen LogP contribution in [0.4, 0.5) is 0 Å². The Morgan fingerprint density at radius 2 is 2.14 bits per heavy atom. The fourth-order valence-corrected chi connectivity index (χ4v) is 2.24. The van der Waals surface area contributed by atoms with E-state index in [4.69, 9.17) is 4.74 Å². The summed E-state index contributed by atoms with van der Waals surface area (Å²) in [6.07, 6.45) is 5.26. The van der Waals surface area contributed by atoms with Gasteiger partial charge < -0.3 is 4.74 Å². The first-order valence-electron chi connectivity index (χ1n) is 5.94. The van der Waals surface area contributed by atoms with Gasteiger partial charge in [0, 0.05) is 24.8 Å². The molecule has 0 saturated heterocycles. The van der Waals surface area contributed by atoms with E-state index in [-0.39, 0.29) is 0 Å². The van der Waals surface area contributed by atoms with E-state index in [1.807, 2.05) is 0 Å². The normalized spacial score (nSPS) is 21.5. The van der Waals surface area contributed by atoms with Gasteiger partial charge in [0.05, 0.1) is 6.10 Å². The van der Waals surface area contributed by atoms with E-state index in [0.29, 0.717) is 12.0 Å². The summed E-state index contributed by atoms with van der Waals surface area (Å²) < 4.78 is 5.67. The second-order valence-electron chi connectivity index (χ2n) is 4.01. The molecule has 2 atom stereocenters. The summed E-state index contributed by atoms with van der Waals surface area (Å²) in [5.41, 5.74) is 1.40. The van der Waals surface area contributed by atoms with Crippen LogP contribution in [0, 0.1) is 5.92 Å². The maximum absolute atomic E-state index is 5.67. The molecule has 0 saturated carbocycles. The van der Waals surface area contributed by atoms with Gasteiger partial charge in [0.1, 0.15) is 0 Å². The van der Waals surface area contributed by atoms with E-state index in [9.17, 15) is 0 Å². The largest absolute Gasteiger partial charge is 0.378 e. The molecule has 1 rings (SSSR count). The molecule has 0 aliphatic carbocycles. The molecule has 0 amide bonds. The number of hydrogen-bond acceptors (Lipinski definition) is 2. The molecule has 1 aliphatic rings. The zero-order valence-corrected chi connectivity index (χ0v) is 9.75. The average molecular weight is 197 g/mol. The first kappa shape index (κ1) is 11.7. The Morgan fingerprint density at radius 3 is 2.64 bits per heavy atom. The van der Waals surface area contributed by atoms with Crippen LogP contribution >= 0.6 is 0 Å². The highest BCUT2D eigenvalue weighted by molar-refractivity contribution is 5.87. The Labute approximate surface area is 87.8 Å². The SMILES string of the molecule is CCOC(C)C(CC)C1=NCCCC1. The van der Waals surface area contributed by atoms with Crippen LogP contribution in [0.5, 0.6) is 0 Å². The second-order valence-corrected chi connectivity index (χ2v) is 4.01. The lowest BCUT2D eigenvalue weighted by molar-refractivity contribution is 0.0509. The third-order valence-electron chi connectivity index (χ3n) is 3.02. The highest BCUT2D eigenvalue weighted by Crippen LogP contribution is 2.20. The monoisotopic (exact) mass is 197 g/mol. The van der Waals surface area contributed by atoms with Gasteiger partial charge in [-0.25, -0.2) is 0 Å². The van der Waals surface area contributed by atoms with Crippen molar-refractivity contribution in [1.29, 1.82) is 0 Å². The van der Waals surface area contributed by atoms with Gasteiger partial charge in [-0.2, -0.15) is 0 Å². The van der Waals surface area contributed by atoms with Crippen LogP contribution in [-0.2, 0) is 4.74 Å². The van der Waals surface area contributed by atoms with E-state index < -0.39 is 0 Å². The predicted molar refractivity (Wildman–Crippen MR) is 61.0 cm³/mol. The van der Waals surface area contributed by atoms with Crippen molar-refractivity contribution in [2.45, 2.75) is 52.6 Å². The van der Waals surface area contributed by atoms with Crippen LogP contribution in [0.15, 0.2) is 4.99 Å². The topological polar surface area (TPSA) is 21.6 Å². The van der Waals surface area contributed by atoms with Crippen molar-refractivity contribution in [2.24, 2.45) is 10.9 Å². The molecule has 2 unspecified atom stereocenters. The molecule has 1 aliphatic heterocycles. The number of rotatable bonds is 5. The van der Waals surface area contributed by atoms with Crippen molar-refractivity contribution in [1.82, 2.24) is 0 Å². The fourth-order valence-electron chi connectivity index (χ4n) is 2.24. The van der Waals surface area contributed by atoms with Crippen LogP contribution in [0.2, 0.25) is 0 Å². The smallest absolute Gasteiger partial charge is 0.0626 e. The second kappa shape index (κ2) is 6.18. The summed E-state index contributed by atoms with van der Waals surface area (Å²) >= 11 is 0. The minimum absolute atomic E-state index is 0.335. The lowest BCUT2D eigenvalue weighted by Gasteiger charge is -2.26. The molecule has 2 heteroatoms. The predicted octanol–water partition coefficient (Wildman–Crippen LogP) is 3.06. The van der Waals surface area contributed by atoms with Crippen molar-refractivity contribution >= 4 is 5.71 Å². The molecular weight excluding hydrogens is 174 g/mol. The van der Waals surface area contributed by atoms with Gasteiger partial charge in [-0.3, -0.25) is 4.99 Å². The van der Waals surface area contributed by atoms with Crippen molar-refractivity contribution in [2.75, 3.05) is 13.2 Å². The van der Waals surface area contributed by atoms with Crippen LogP contribution in [-0.4, -0.2) is 25.0 Å². The molecular formula is C12H23NO. The maximum Gasteiger partial charge on any atom is 0.0626 e. The minimum atomic E-state index is 0.335. The molecule has 2 nitrogen and oxygen atoms in total. The molecule has 0 aromatic carbocycles. The lowest BCUT2D eigenvalue weighted by Crippen LogP contribution is -2.29. The zero-order valence-electron chi connectivity index (χ0n) is 9.75. The molecule has 14 heavy (non-hydrogen) atoms. The zero-order chi connectivity index (χ0) is 10.4. The first-order chi connectivity index (χ1) is 6.79. The first-order valence-corrected chi connectivity index (χ1v) is 5.94. The summed E-state index contributed by atoms with van der Waals surface area (Å²) in [4.78, 5) is 4.64. The van der Waals surface area contributed by atoms with Crippen molar-refractivity contribution in [3.8, 4) is 0 Å².